The normalized spacial score (nSPS) is 18.6. The van der Waals surface area contributed by atoms with Crippen LogP contribution in [0, 0.1) is 6.92 Å². The molecule has 25 heavy (non-hydrogen) atoms. The van der Waals surface area contributed by atoms with Crippen LogP contribution in [0.3, 0.4) is 0 Å². The van der Waals surface area contributed by atoms with Crippen LogP contribution in [-0.4, -0.2) is 38.2 Å². The van der Waals surface area contributed by atoms with Gasteiger partial charge < -0.3 is 4.90 Å². The third-order valence-electron chi connectivity index (χ3n) is 5.34. The van der Waals surface area contributed by atoms with Crippen molar-refractivity contribution < 1.29 is 4.79 Å². The topological polar surface area (TPSA) is 60.1 Å². The first-order chi connectivity index (χ1) is 12.0. The molecule has 0 radical (unpaired) electrons. The number of carbonyl (C=O) groups excluding carboxylic acids is 1. The van der Waals surface area contributed by atoms with Crippen LogP contribution in [0.25, 0.3) is 0 Å². The summed E-state index contributed by atoms with van der Waals surface area (Å²) in [4.78, 5) is 26.9. The van der Waals surface area contributed by atoms with E-state index in [4.69, 9.17) is 0 Å². The maximum absolute atomic E-state index is 12.6. The fourth-order valence-electron chi connectivity index (χ4n) is 3.67. The second kappa shape index (κ2) is 6.17. The molecule has 132 valence electrons. The molecule has 1 saturated carbocycles. The lowest BCUT2D eigenvalue weighted by Gasteiger charge is -2.31. The van der Waals surface area contributed by atoms with Gasteiger partial charge in [0.25, 0.3) is 5.91 Å². The van der Waals surface area contributed by atoms with E-state index in [2.05, 4.69) is 5.10 Å². The predicted octanol–water partition coefficient (Wildman–Crippen LogP) is 2.24. The number of hydrogen-bond acceptors (Lipinski definition) is 3. The van der Waals surface area contributed by atoms with Crippen molar-refractivity contribution in [3.63, 3.8) is 0 Å². The molecular formula is C19H24N4O2. The van der Waals surface area contributed by atoms with E-state index >= 15 is 0 Å². The van der Waals surface area contributed by atoms with Gasteiger partial charge in [0.1, 0.15) is 5.82 Å². The summed E-state index contributed by atoms with van der Waals surface area (Å²) in [5.41, 5.74) is 1.90. The average Bonchev–Trinajstić information content (AvgIpc) is 3.41. The second-order valence-corrected chi connectivity index (χ2v) is 7.30. The summed E-state index contributed by atoms with van der Waals surface area (Å²) in [7, 11) is 1.72. The molecule has 4 rings (SSSR count). The van der Waals surface area contributed by atoms with Crippen molar-refractivity contribution >= 4 is 5.91 Å². The molecular weight excluding hydrogens is 316 g/mol. The van der Waals surface area contributed by atoms with Crippen LogP contribution < -0.4 is 5.69 Å². The molecule has 2 aromatic rings. The van der Waals surface area contributed by atoms with Gasteiger partial charge in [-0.3, -0.25) is 9.36 Å². The summed E-state index contributed by atoms with van der Waals surface area (Å²) >= 11 is 0. The van der Waals surface area contributed by atoms with E-state index < -0.39 is 0 Å². The Labute approximate surface area is 147 Å². The first-order valence-electron chi connectivity index (χ1n) is 9.06. The summed E-state index contributed by atoms with van der Waals surface area (Å²) in [5, 5.41) is 4.50. The van der Waals surface area contributed by atoms with Crippen LogP contribution in [-0.2, 0) is 7.05 Å². The van der Waals surface area contributed by atoms with E-state index in [0.717, 1.165) is 42.6 Å². The Morgan fingerprint density at radius 1 is 1.08 bits per heavy atom. The van der Waals surface area contributed by atoms with E-state index in [9.17, 15) is 9.59 Å². The number of rotatable bonds is 3. The number of benzene rings is 1. The number of aryl methyl sites for hydroxylation is 2. The summed E-state index contributed by atoms with van der Waals surface area (Å²) < 4.78 is 3.35. The van der Waals surface area contributed by atoms with Gasteiger partial charge in [0.05, 0.1) is 0 Å². The lowest BCUT2D eigenvalue weighted by molar-refractivity contribution is 0.0710. The lowest BCUT2D eigenvalue weighted by atomic mass is 9.95. The van der Waals surface area contributed by atoms with E-state index in [-0.39, 0.29) is 17.5 Å². The molecule has 1 amide bonds. The number of piperidine rings is 1. The third kappa shape index (κ3) is 3.01. The quantitative estimate of drug-likeness (QED) is 0.861. The van der Waals surface area contributed by atoms with Gasteiger partial charge >= 0.3 is 5.69 Å². The molecule has 0 bridgehead atoms. The first kappa shape index (κ1) is 16.1. The Hall–Kier alpha value is -2.37. The number of nitrogens with zero attached hydrogens (tertiary/aromatic N) is 4. The second-order valence-electron chi connectivity index (χ2n) is 7.30. The number of hydrogen-bond donors (Lipinski definition) is 0. The van der Waals surface area contributed by atoms with Gasteiger partial charge in [-0.05, 0) is 44.7 Å². The lowest BCUT2D eigenvalue weighted by Crippen LogP contribution is -2.38. The maximum Gasteiger partial charge on any atom is 0.345 e. The zero-order chi connectivity index (χ0) is 17.6. The summed E-state index contributed by atoms with van der Waals surface area (Å²) in [6, 6.07) is 8.08. The Kier molecular flexibility index (Phi) is 3.98. The van der Waals surface area contributed by atoms with Gasteiger partial charge in [0, 0.05) is 37.7 Å². The Morgan fingerprint density at radius 2 is 1.72 bits per heavy atom. The van der Waals surface area contributed by atoms with Gasteiger partial charge in [-0.2, -0.15) is 5.10 Å². The highest BCUT2D eigenvalue weighted by atomic mass is 16.2. The van der Waals surface area contributed by atoms with Crippen molar-refractivity contribution in [1.29, 1.82) is 0 Å². The summed E-state index contributed by atoms with van der Waals surface area (Å²) in [6.07, 6.45) is 3.87. The molecule has 1 aliphatic carbocycles. The molecule has 1 aromatic carbocycles. The van der Waals surface area contributed by atoms with E-state index in [1.165, 1.54) is 4.68 Å². The van der Waals surface area contributed by atoms with Crippen LogP contribution >= 0.6 is 0 Å². The highest BCUT2D eigenvalue weighted by Gasteiger charge is 2.34. The van der Waals surface area contributed by atoms with Crippen molar-refractivity contribution in [2.75, 3.05) is 13.1 Å². The molecule has 2 fully saturated rings. The van der Waals surface area contributed by atoms with Crippen LogP contribution in [0.2, 0.25) is 0 Å². The number of amides is 1. The van der Waals surface area contributed by atoms with Crippen molar-refractivity contribution in [1.82, 2.24) is 19.2 Å². The molecule has 2 heterocycles. The van der Waals surface area contributed by atoms with Crippen molar-refractivity contribution in [3.8, 4) is 0 Å². The van der Waals surface area contributed by atoms with Gasteiger partial charge in [-0.1, -0.05) is 17.7 Å². The molecule has 0 unspecified atom stereocenters. The zero-order valence-corrected chi connectivity index (χ0v) is 14.8. The van der Waals surface area contributed by atoms with Gasteiger partial charge in [0.2, 0.25) is 0 Å². The Balaban J connectivity index is 1.47. The smallest absolute Gasteiger partial charge is 0.339 e. The molecule has 6 heteroatoms. The molecule has 6 nitrogen and oxygen atoms in total. The highest BCUT2D eigenvalue weighted by molar-refractivity contribution is 5.94. The van der Waals surface area contributed by atoms with E-state index in [0.29, 0.717) is 19.1 Å². The van der Waals surface area contributed by atoms with Crippen molar-refractivity contribution in [3.05, 3.63) is 51.7 Å². The highest BCUT2D eigenvalue weighted by Crippen LogP contribution is 2.37. The Morgan fingerprint density at radius 3 is 2.32 bits per heavy atom. The zero-order valence-electron chi connectivity index (χ0n) is 14.8. The number of carbonyl (C=O) groups is 1. The predicted molar refractivity (Wildman–Crippen MR) is 94.8 cm³/mol. The monoisotopic (exact) mass is 340 g/mol. The molecule has 1 saturated heterocycles. The number of likely N-dealkylation sites (tertiary alicyclic amines) is 1. The SMILES string of the molecule is Cc1ccc(C(=O)N2CCC(c3nn(C)c(=O)n3C3CC3)CC2)cc1. The molecule has 1 aromatic heterocycles. The van der Waals surface area contributed by atoms with E-state index in [1.807, 2.05) is 40.7 Å². The average molecular weight is 340 g/mol. The minimum atomic E-state index is -0.00402. The number of aromatic nitrogens is 3. The third-order valence-corrected chi connectivity index (χ3v) is 5.34. The van der Waals surface area contributed by atoms with Crippen molar-refractivity contribution in [2.45, 2.75) is 44.6 Å². The molecule has 0 N–H and O–H groups in total. The van der Waals surface area contributed by atoms with Crippen molar-refractivity contribution in [2.24, 2.45) is 7.05 Å². The molecule has 0 spiro atoms. The Bertz CT molecular complexity index is 837. The van der Waals surface area contributed by atoms with Crippen LogP contribution in [0.15, 0.2) is 29.1 Å². The van der Waals surface area contributed by atoms with Gasteiger partial charge in [-0.25, -0.2) is 9.48 Å². The fourth-order valence-corrected chi connectivity index (χ4v) is 3.67. The van der Waals surface area contributed by atoms with Crippen LogP contribution in [0.1, 0.15) is 59.4 Å². The van der Waals surface area contributed by atoms with Gasteiger partial charge in [0.15, 0.2) is 0 Å². The minimum Gasteiger partial charge on any atom is -0.339 e. The standard InChI is InChI=1S/C19H24N4O2/c1-13-3-5-15(6-4-13)18(24)22-11-9-14(10-12-22)17-20-21(2)19(25)23(17)16-7-8-16/h3-6,14,16H,7-12H2,1-2H3. The molecule has 0 atom stereocenters. The van der Waals surface area contributed by atoms with Crippen LogP contribution in [0.4, 0.5) is 0 Å². The maximum atomic E-state index is 12.6. The summed E-state index contributed by atoms with van der Waals surface area (Å²) in [6.45, 7) is 3.45. The summed E-state index contributed by atoms with van der Waals surface area (Å²) in [5.74, 6) is 1.27. The largest absolute Gasteiger partial charge is 0.345 e. The fraction of sp³-hybridized carbons (Fsp3) is 0.526. The molecule has 1 aliphatic heterocycles. The van der Waals surface area contributed by atoms with Crippen LogP contribution in [0.5, 0.6) is 0 Å². The first-order valence-corrected chi connectivity index (χ1v) is 9.06. The van der Waals surface area contributed by atoms with E-state index in [1.54, 1.807) is 7.05 Å². The van der Waals surface area contributed by atoms with Gasteiger partial charge in [-0.15, -0.1) is 0 Å². The molecule has 2 aliphatic rings. The minimum absolute atomic E-state index is 0.00402.